The molecule has 100 valence electrons. The van der Waals surface area contributed by atoms with Crippen LogP contribution in [0.2, 0.25) is 0 Å². The van der Waals surface area contributed by atoms with Crippen LogP contribution in [-0.4, -0.2) is 36.5 Å². The second-order valence-electron chi connectivity index (χ2n) is 6.62. The average Bonchev–Trinajstić information content (AvgIpc) is 2.28. The summed E-state index contributed by atoms with van der Waals surface area (Å²) < 4.78 is 5.87. The third-order valence-electron chi connectivity index (χ3n) is 4.65. The third-order valence-corrected chi connectivity index (χ3v) is 4.65. The highest BCUT2D eigenvalue weighted by molar-refractivity contribution is 5.10. The first-order valence-electron chi connectivity index (χ1n) is 6.97. The summed E-state index contributed by atoms with van der Waals surface area (Å²) in [6, 6.07) is 0.501. The van der Waals surface area contributed by atoms with Gasteiger partial charge in [-0.2, -0.15) is 0 Å². The fourth-order valence-electron chi connectivity index (χ4n) is 3.42. The highest BCUT2D eigenvalue weighted by Crippen LogP contribution is 2.51. The molecule has 1 aliphatic carbocycles. The fraction of sp³-hybridized carbons (Fsp3) is 1.00. The van der Waals surface area contributed by atoms with E-state index in [0.29, 0.717) is 30.5 Å². The van der Waals surface area contributed by atoms with Crippen LogP contribution < -0.4 is 5.32 Å². The lowest BCUT2D eigenvalue weighted by atomic mass is 9.55. The number of rotatable bonds is 4. The zero-order valence-electron chi connectivity index (χ0n) is 11.6. The molecule has 3 heteroatoms. The molecule has 1 saturated carbocycles. The van der Waals surface area contributed by atoms with E-state index >= 15 is 0 Å². The summed E-state index contributed by atoms with van der Waals surface area (Å²) in [5.41, 5.74) is 0.210. The molecule has 0 bridgehead atoms. The second-order valence-corrected chi connectivity index (χ2v) is 6.62. The summed E-state index contributed by atoms with van der Waals surface area (Å²) in [5, 5.41) is 13.4. The van der Waals surface area contributed by atoms with Crippen LogP contribution >= 0.6 is 0 Å². The van der Waals surface area contributed by atoms with Gasteiger partial charge in [0.25, 0.3) is 0 Å². The maximum Gasteiger partial charge on any atom is 0.0687 e. The summed E-state index contributed by atoms with van der Waals surface area (Å²) in [7, 11) is 0. The molecule has 0 aromatic heterocycles. The van der Waals surface area contributed by atoms with Crippen LogP contribution in [0, 0.1) is 17.3 Å². The molecular formula is C14H27NO2. The number of nitrogens with one attached hydrogen (secondary N) is 1. The number of hydrogen-bond donors (Lipinski definition) is 2. The summed E-state index contributed by atoms with van der Waals surface area (Å²) >= 11 is 0. The van der Waals surface area contributed by atoms with Gasteiger partial charge in [-0.1, -0.05) is 27.7 Å². The van der Waals surface area contributed by atoms with Crippen LogP contribution in [0.3, 0.4) is 0 Å². The van der Waals surface area contributed by atoms with Crippen LogP contribution in [0.4, 0.5) is 0 Å². The topological polar surface area (TPSA) is 41.5 Å². The minimum Gasteiger partial charge on any atom is -0.392 e. The van der Waals surface area contributed by atoms with Crippen molar-refractivity contribution in [2.24, 2.45) is 17.3 Å². The van der Waals surface area contributed by atoms with Crippen molar-refractivity contribution in [3.8, 4) is 0 Å². The molecular weight excluding hydrogens is 214 g/mol. The van der Waals surface area contributed by atoms with Gasteiger partial charge in [-0.25, -0.2) is 0 Å². The number of hydrogen-bond acceptors (Lipinski definition) is 3. The Balaban J connectivity index is 1.88. The predicted molar refractivity (Wildman–Crippen MR) is 68.9 cm³/mol. The van der Waals surface area contributed by atoms with Crippen LogP contribution in [0.5, 0.6) is 0 Å². The van der Waals surface area contributed by atoms with E-state index in [4.69, 9.17) is 4.74 Å². The van der Waals surface area contributed by atoms with Crippen molar-refractivity contribution in [1.82, 2.24) is 5.32 Å². The first-order valence-corrected chi connectivity index (χ1v) is 6.97. The van der Waals surface area contributed by atoms with Crippen LogP contribution in [0.25, 0.3) is 0 Å². The Hall–Kier alpha value is -0.120. The van der Waals surface area contributed by atoms with Gasteiger partial charge in [0, 0.05) is 30.5 Å². The Labute approximate surface area is 105 Å². The van der Waals surface area contributed by atoms with E-state index < -0.39 is 0 Å². The normalized spacial score (nSPS) is 37.4. The second kappa shape index (κ2) is 4.87. The van der Waals surface area contributed by atoms with Crippen molar-refractivity contribution >= 4 is 0 Å². The quantitative estimate of drug-likeness (QED) is 0.788. The first-order chi connectivity index (χ1) is 7.94. The number of fused-ring (bicyclic) bond motifs is 1. The highest BCUT2D eigenvalue weighted by atomic mass is 16.5. The summed E-state index contributed by atoms with van der Waals surface area (Å²) in [6.45, 7) is 10.3. The van der Waals surface area contributed by atoms with Gasteiger partial charge < -0.3 is 15.2 Å². The van der Waals surface area contributed by atoms with E-state index in [9.17, 15) is 5.11 Å². The van der Waals surface area contributed by atoms with Crippen molar-refractivity contribution in [2.45, 2.75) is 58.8 Å². The van der Waals surface area contributed by atoms with Gasteiger partial charge in [0.05, 0.1) is 12.2 Å². The number of aliphatic hydroxyl groups is 1. The van der Waals surface area contributed by atoms with Gasteiger partial charge in [-0.3, -0.25) is 0 Å². The minimum atomic E-state index is -0.241. The zero-order chi connectivity index (χ0) is 12.6. The molecule has 4 unspecified atom stereocenters. The Kier molecular flexibility index (Phi) is 3.81. The smallest absolute Gasteiger partial charge is 0.0687 e. The molecule has 2 rings (SSSR count). The molecule has 1 aliphatic heterocycles. The van der Waals surface area contributed by atoms with Crippen molar-refractivity contribution in [2.75, 3.05) is 13.2 Å². The maximum absolute atomic E-state index is 9.87. The Morgan fingerprint density at radius 2 is 2.12 bits per heavy atom. The maximum atomic E-state index is 9.87. The number of aliphatic hydroxyl groups excluding tert-OH is 1. The van der Waals surface area contributed by atoms with Gasteiger partial charge in [-0.05, 0) is 18.8 Å². The molecule has 0 aromatic rings. The Bertz CT molecular complexity index is 265. The highest BCUT2D eigenvalue weighted by Gasteiger charge is 2.57. The van der Waals surface area contributed by atoms with Crippen LogP contribution in [0.15, 0.2) is 0 Å². The molecule has 0 aromatic carbocycles. The molecule has 1 heterocycles. The molecule has 2 N–H and O–H groups in total. The van der Waals surface area contributed by atoms with Gasteiger partial charge in [0.15, 0.2) is 0 Å². The van der Waals surface area contributed by atoms with Crippen molar-refractivity contribution in [3.63, 3.8) is 0 Å². The molecule has 2 fully saturated rings. The van der Waals surface area contributed by atoms with Crippen molar-refractivity contribution in [3.05, 3.63) is 0 Å². The zero-order valence-corrected chi connectivity index (χ0v) is 11.6. The van der Waals surface area contributed by atoms with Crippen LogP contribution in [0.1, 0.15) is 40.5 Å². The van der Waals surface area contributed by atoms with Crippen molar-refractivity contribution < 1.29 is 9.84 Å². The minimum absolute atomic E-state index is 0.210. The monoisotopic (exact) mass is 241 g/mol. The third kappa shape index (κ3) is 2.38. The van der Waals surface area contributed by atoms with Gasteiger partial charge in [-0.15, -0.1) is 0 Å². The molecule has 4 atom stereocenters. The first kappa shape index (κ1) is 13.3. The van der Waals surface area contributed by atoms with Crippen LogP contribution in [-0.2, 0) is 4.74 Å². The van der Waals surface area contributed by atoms with E-state index in [1.807, 2.05) is 0 Å². The van der Waals surface area contributed by atoms with E-state index in [1.165, 1.54) is 12.8 Å². The Morgan fingerprint density at radius 3 is 2.76 bits per heavy atom. The lowest BCUT2D eigenvalue weighted by molar-refractivity contribution is -0.193. The molecule has 0 amide bonds. The van der Waals surface area contributed by atoms with E-state index in [1.54, 1.807) is 0 Å². The lowest BCUT2D eigenvalue weighted by Crippen LogP contribution is -2.69. The van der Waals surface area contributed by atoms with Gasteiger partial charge >= 0.3 is 0 Å². The largest absolute Gasteiger partial charge is 0.392 e. The summed E-state index contributed by atoms with van der Waals surface area (Å²) in [5.74, 6) is 0.974. The number of ether oxygens (including phenoxy) is 1. The summed E-state index contributed by atoms with van der Waals surface area (Å²) in [4.78, 5) is 0. The van der Waals surface area contributed by atoms with E-state index in [0.717, 1.165) is 6.61 Å². The standard InChI is InChI=1S/C14H27NO2/c1-9(2)11(16)8-15-12-10-6-5-7-17-13(10)14(12,3)4/h9-13,15-16H,5-8H2,1-4H3. The molecule has 17 heavy (non-hydrogen) atoms. The SMILES string of the molecule is CC(C)C(O)CNC1C2CCCOC2C1(C)C. The average molecular weight is 241 g/mol. The van der Waals surface area contributed by atoms with E-state index in [-0.39, 0.29) is 11.5 Å². The molecule has 1 saturated heterocycles. The molecule has 2 aliphatic rings. The predicted octanol–water partition coefficient (Wildman–Crippen LogP) is 1.80. The fourth-order valence-corrected chi connectivity index (χ4v) is 3.42. The van der Waals surface area contributed by atoms with Gasteiger partial charge in [0.2, 0.25) is 0 Å². The Morgan fingerprint density at radius 1 is 1.41 bits per heavy atom. The van der Waals surface area contributed by atoms with E-state index in [2.05, 4.69) is 33.0 Å². The summed E-state index contributed by atoms with van der Waals surface area (Å²) in [6.07, 6.45) is 2.63. The van der Waals surface area contributed by atoms with Gasteiger partial charge in [0.1, 0.15) is 0 Å². The lowest BCUT2D eigenvalue weighted by Gasteiger charge is -2.60. The molecule has 0 spiro atoms. The molecule has 0 radical (unpaired) electrons. The van der Waals surface area contributed by atoms with Crippen molar-refractivity contribution in [1.29, 1.82) is 0 Å². The molecule has 3 nitrogen and oxygen atoms in total.